The number of nitrogens with zero attached hydrogens (tertiary/aromatic N) is 5. The molecule has 0 spiro atoms. The Kier molecular flexibility index (Phi) is 32.9. The number of aromatic nitrogens is 4. The highest BCUT2D eigenvalue weighted by Crippen LogP contribution is 2.47. The molecular weight excluding hydrogens is 1990 g/mol. The fourth-order valence-corrected chi connectivity index (χ4v) is 19.6. The summed E-state index contributed by atoms with van der Waals surface area (Å²) in [5.41, 5.74) is 19.1. The minimum absolute atomic E-state index is 0.0524. The van der Waals surface area contributed by atoms with Gasteiger partial charge in [-0.2, -0.15) is 0 Å². The molecule has 4 aliphatic rings. The molecule has 0 fully saturated rings. The number of ketones is 1. The average Bonchev–Trinajstić information content (AvgIpc) is 1.61. The Morgan fingerprint density at radius 3 is 0.959 bits per heavy atom. The average molecular weight is 2100 g/mol. The number of benzene rings is 12. The smallest absolute Gasteiger partial charge is 0.416 e. The van der Waals surface area contributed by atoms with Crippen molar-refractivity contribution < 1.29 is 62.0 Å². The van der Waals surface area contributed by atoms with Crippen LogP contribution in [0.25, 0.3) is 43.6 Å². The number of aromatic amines is 4. The van der Waals surface area contributed by atoms with Crippen molar-refractivity contribution in [2.45, 2.75) is 110 Å². The van der Waals surface area contributed by atoms with E-state index >= 15 is 0 Å². The lowest BCUT2D eigenvalue weighted by atomic mass is 9.92. The zero-order valence-electron chi connectivity index (χ0n) is 81.2. The standard InChI is InChI=1S/C30H32ClN3O3.C28H25Cl2N3O4.2C28H25Cl2N3O3/c1-20-5-10-24(11-6-20)37-30(35)34-17-15-25-26-19-22(31)9-14-27(26)32-28(25)29(34)21-7-12-23(13-8-21)36-18-4-16-33(2)3;1-16(2)36-27(34)31-20-8-3-17(4-9-20)26-25-22(23-15-19(30)7-12-24(23)32-25)13-14-33(26)28(35)37-21-10-5-18(29)6-11-21;1-16(2)27(34)31-20-8-3-17(4-9-20)26-25-22(23-15-19(30)7-12-24(23)32-25)13-14-33(26)28(35)36-21-10-5-18(29)6-11-21;1-2-21(34)16-31-20-8-3-17(4-9-20)27-26-23(24-15-19(30)7-12-25(24)32-26)13-14-33(27)28(35)36-22-10-5-18(29)6-11-22/h5-14,19,29,32H,4,15-18H2,1-3H3;3-12,15-16,26,32H,13-14H2,1-2H3,(H,31,34);3-12,15-16,26,32H,13-14H2,1-2H3,(H,31,34);3-12,15,27,31-32H,2,13-14,16H2,1H3. The summed E-state index contributed by atoms with van der Waals surface area (Å²) in [6.07, 6.45) is 1.62. The summed E-state index contributed by atoms with van der Waals surface area (Å²) >= 11 is 43.1. The van der Waals surface area contributed by atoms with Gasteiger partial charge in [0.15, 0.2) is 5.78 Å². The zero-order valence-corrected chi connectivity index (χ0v) is 86.5. The summed E-state index contributed by atoms with van der Waals surface area (Å²) in [4.78, 5) is 113. The predicted molar refractivity (Wildman–Crippen MR) is 579 cm³/mol. The third-order valence-electron chi connectivity index (χ3n) is 25.7. The van der Waals surface area contributed by atoms with Crippen molar-refractivity contribution in [3.8, 4) is 28.7 Å². The molecule has 16 aromatic rings. The number of carbonyl (C=O) groups excluding carboxylic acids is 7. The normalized spacial score (nSPS) is 15.1. The highest BCUT2D eigenvalue weighted by molar-refractivity contribution is 6.33. The molecule has 20 rings (SSSR count). The van der Waals surface area contributed by atoms with Gasteiger partial charge in [-0.3, -0.25) is 34.5 Å². The first-order chi connectivity index (χ1) is 70.4. The molecule has 0 aliphatic carbocycles. The fraction of sp³-hybridized carbons (Fsp3) is 0.237. The highest BCUT2D eigenvalue weighted by Gasteiger charge is 2.42. The van der Waals surface area contributed by atoms with Crippen molar-refractivity contribution in [1.29, 1.82) is 0 Å². The van der Waals surface area contributed by atoms with Gasteiger partial charge in [0.05, 0.1) is 19.3 Å². The summed E-state index contributed by atoms with van der Waals surface area (Å²) < 4.78 is 34.0. The van der Waals surface area contributed by atoms with Gasteiger partial charge < -0.3 is 63.9 Å². The van der Waals surface area contributed by atoms with Gasteiger partial charge in [0.1, 0.15) is 52.9 Å². The molecule has 750 valence electrons. The molecule has 32 heteroatoms. The molecule has 4 unspecified atom stereocenters. The summed E-state index contributed by atoms with van der Waals surface area (Å²) in [6, 6.07) is 79.9. The Morgan fingerprint density at radius 1 is 0.370 bits per heavy atom. The highest BCUT2D eigenvalue weighted by atomic mass is 35.5. The van der Waals surface area contributed by atoms with Gasteiger partial charge in [0.2, 0.25) is 5.91 Å². The molecule has 12 aromatic carbocycles. The number of nitrogens with one attached hydrogen (secondary N) is 7. The Balaban J connectivity index is 0.000000133. The molecule has 4 atom stereocenters. The summed E-state index contributed by atoms with van der Waals surface area (Å²) in [7, 11) is 4.11. The molecule has 7 N–H and O–H groups in total. The lowest BCUT2D eigenvalue weighted by molar-refractivity contribution is -0.119. The maximum atomic E-state index is 13.5. The number of ether oxygens (including phenoxy) is 6. The molecular formula is C114H107Cl7N12O13. The van der Waals surface area contributed by atoms with Crippen LogP contribution in [-0.4, -0.2) is 153 Å². The van der Waals surface area contributed by atoms with E-state index in [-0.39, 0.29) is 48.4 Å². The van der Waals surface area contributed by atoms with Gasteiger partial charge in [-0.15, -0.1) is 0 Å². The second kappa shape index (κ2) is 46.5. The number of hydrogen-bond acceptors (Lipinski definition) is 15. The lowest BCUT2D eigenvalue weighted by Gasteiger charge is -2.35. The van der Waals surface area contributed by atoms with Crippen molar-refractivity contribution in [2.75, 3.05) is 75.9 Å². The number of halogens is 7. The van der Waals surface area contributed by atoms with E-state index in [0.717, 1.165) is 135 Å². The van der Waals surface area contributed by atoms with Gasteiger partial charge in [-0.05, 0) is 318 Å². The van der Waals surface area contributed by atoms with Crippen LogP contribution < -0.4 is 39.6 Å². The number of Topliss-reactive ketones (excluding diaryl/α,β-unsaturated/α-hetero) is 1. The minimum Gasteiger partial charge on any atom is -0.494 e. The summed E-state index contributed by atoms with van der Waals surface area (Å²) in [5, 5.41) is 17.4. The Labute approximate surface area is 879 Å². The van der Waals surface area contributed by atoms with Crippen LogP contribution in [0, 0.1) is 12.8 Å². The molecule has 25 nitrogen and oxygen atoms in total. The first kappa shape index (κ1) is 103. The number of hydrogen-bond donors (Lipinski definition) is 7. The summed E-state index contributed by atoms with van der Waals surface area (Å²) in [5.74, 6) is 2.57. The van der Waals surface area contributed by atoms with Crippen LogP contribution >= 0.6 is 81.2 Å². The lowest BCUT2D eigenvalue weighted by Crippen LogP contribution is -2.42. The van der Waals surface area contributed by atoms with Gasteiger partial charge in [-0.25, -0.2) is 24.0 Å². The number of carbonyl (C=O) groups is 7. The first-order valence-electron chi connectivity index (χ1n) is 48.1. The molecule has 8 heterocycles. The van der Waals surface area contributed by atoms with Crippen molar-refractivity contribution in [2.24, 2.45) is 5.92 Å². The number of aryl methyl sites for hydroxylation is 1. The van der Waals surface area contributed by atoms with Gasteiger partial charge in [0, 0.05) is 164 Å². The molecule has 0 bridgehead atoms. The Hall–Kier alpha value is -14.1. The molecule has 4 aromatic heterocycles. The maximum Gasteiger partial charge on any atom is 0.416 e. The van der Waals surface area contributed by atoms with Gasteiger partial charge in [0.25, 0.3) is 0 Å². The molecule has 0 saturated heterocycles. The molecule has 0 saturated carbocycles. The van der Waals surface area contributed by atoms with Crippen LogP contribution in [-0.2, 0) is 40.0 Å². The third kappa shape index (κ3) is 24.6. The SMILES string of the molecule is CC(C)C(=O)Nc1ccc(C2c3[nH]c4ccc(Cl)cc4c3CCN2C(=O)Oc2ccc(Cl)cc2)cc1.CC(C)OC(=O)Nc1ccc(C2c3[nH]c4ccc(Cl)cc4c3CCN2C(=O)Oc2ccc(Cl)cc2)cc1.CCC(=O)CNc1ccc(C2c3[nH]c4ccc(Cl)cc4c3CCN2C(=O)Oc2ccc(Cl)cc2)cc1.Cc1ccc(OC(=O)N2CCc3c([nH]c4ccc(Cl)cc34)C2c2ccc(OCCCN(C)C)cc2)cc1. The van der Waals surface area contributed by atoms with Crippen LogP contribution in [0.1, 0.15) is 144 Å². The third-order valence-corrected chi connectivity index (χ3v) is 27.4. The second-order valence-electron chi connectivity index (χ2n) is 36.8. The van der Waals surface area contributed by atoms with E-state index in [2.05, 4.69) is 54.9 Å². The molecule has 4 aliphatic heterocycles. The maximum absolute atomic E-state index is 13.5. The Bertz CT molecular complexity index is 7430. The minimum atomic E-state index is -0.525. The monoisotopic (exact) mass is 2100 g/mol. The second-order valence-corrected chi connectivity index (χ2v) is 39.8. The van der Waals surface area contributed by atoms with Crippen molar-refractivity contribution in [3.63, 3.8) is 0 Å². The van der Waals surface area contributed by atoms with E-state index in [0.29, 0.717) is 134 Å². The van der Waals surface area contributed by atoms with Crippen LogP contribution in [0.2, 0.25) is 35.2 Å². The topological polar surface area (TPSA) is 290 Å². The molecule has 6 amide bonds. The van der Waals surface area contributed by atoms with Crippen molar-refractivity contribution in [3.05, 3.63) is 375 Å². The summed E-state index contributed by atoms with van der Waals surface area (Å²) in [6.45, 7) is 15.0. The van der Waals surface area contributed by atoms with Crippen LogP contribution in [0.5, 0.6) is 28.7 Å². The van der Waals surface area contributed by atoms with Crippen LogP contribution in [0.3, 0.4) is 0 Å². The largest absolute Gasteiger partial charge is 0.494 e. The van der Waals surface area contributed by atoms with E-state index in [9.17, 15) is 33.6 Å². The molecule has 146 heavy (non-hydrogen) atoms. The van der Waals surface area contributed by atoms with E-state index in [4.69, 9.17) is 110 Å². The predicted octanol–water partition coefficient (Wildman–Crippen LogP) is 28.4. The van der Waals surface area contributed by atoms with E-state index in [1.54, 1.807) is 118 Å². The van der Waals surface area contributed by atoms with Gasteiger partial charge >= 0.3 is 30.5 Å². The molecule has 0 radical (unpaired) electrons. The van der Waals surface area contributed by atoms with E-state index in [1.807, 2.05) is 210 Å². The van der Waals surface area contributed by atoms with E-state index in [1.165, 1.54) is 5.56 Å². The fourth-order valence-electron chi connectivity index (χ4n) is 18.5. The van der Waals surface area contributed by atoms with E-state index < -0.39 is 36.5 Å². The Morgan fingerprint density at radius 2 is 0.658 bits per heavy atom. The number of rotatable bonds is 21. The number of amides is 6. The van der Waals surface area contributed by atoms with Crippen LogP contribution in [0.15, 0.2) is 267 Å². The zero-order chi connectivity index (χ0) is 103. The quantitative estimate of drug-likeness (QED) is 0.0329. The number of H-pyrrole nitrogens is 4. The van der Waals surface area contributed by atoms with Crippen molar-refractivity contribution >= 4 is 184 Å². The first-order valence-corrected chi connectivity index (χ1v) is 50.7. The number of anilines is 3. The van der Waals surface area contributed by atoms with Crippen LogP contribution in [0.4, 0.5) is 41.0 Å². The van der Waals surface area contributed by atoms with Crippen molar-refractivity contribution in [1.82, 2.24) is 44.4 Å². The number of fused-ring (bicyclic) bond motifs is 12. The van der Waals surface area contributed by atoms with Gasteiger partial charge in [-0.1, -0.05) is 168 Å².